The molecular weight excluding hydrogens is 536 g/mol. The molecule has 0 radical (unpaired) electrons. The summed E-state index contributed by atoms with van der Waals surface area (Å²) >= 11 is 1.55. The zero-order valence-electron chi connectivity index (χ0n) is 23.5. The van der Waals surface area contributed by atoms with Crippen molar-refractivity contribution in [2.24, 2.45) is 0 Å². The fourth-order valence-electron chi connectivity index (χ4n) is 4.51. The van der Waals surface area contributed by atoms with Crippen molar-refractivity contribution in [3.8, 4) is 22.3 Å². The van der Waals surface area contributed by atoms with E-state index >= 15 is 0 Å². The van der Waals surface area contributed by atoms with E-state index in [0.717, 1.165) is 0 Å². The Balaban J connectivity index is 0.000000224. The number of rotatable bonds is 2. The van der Waals surface area contributed by atoms with E-state index in [2.05, 4.69) is 149 Å². The molecule has 194 valence electrons. The van der Waals surface area contributed by atoms with E-state index in [4.69, 9.17) is 0 Å². The minimum absolute atomic E-state index is 0. The smallest absolute Gasteiger partial charge is 0.0279 e. The maximum absolute atomic E-state index is 2.26. The number of fused-ring (bicyclic) bond motifs is 2. The molecule has 0 saturated heterocycles. The Hall–Kier alpha value is -3.15. The summed E-state index contributed by atoms with van der Waals surface area (Å²) in [6.45, 7) is 8.54. The van der Waals surface area contributed by atoms with Crippen LogP contribution in [0.1, 0.15) is 25.0 Å². The van der Waals surface area contributed by atoms with E-state index in [1.165, 1.54) is 58.1 Å². The average Bonchev–Trinajstić information content (AvgIpc) is 3.45. The predicted molar refractivity (Wildman–Crippen MR) is 169 cm³/mol. The summed E-state index contributed by atoms with van der Waals surface area (Å²) in [7, 11) is 0. The maximum atomic E-state index is 2.26. The van der Waals surface area contributed by atoms with Crippen LogP contribution in [0.25, 0.3) is 43.8 Å². The molecule has 0 bridgehead atoms. The van der Waals surface area contributed by atoms with Crippen LogP contribution in [0.5, 0.6) is 0 Å². The zero-order valence-corrected chi connectivity index (χ0v) is 26.0. The van der Waals surface area contributed by atoms with E-state index in [-0.39, 0.29) is 14.9 Å². The summed E-state index contributed by atoms with van der Waals surface area (Å²) in [5, 5.41) is 5.37. The fraction of sp³-hybridized carbons (Fsp3) is 0.108. The van der Waals surface area contributed by atoms with Crippen LogP contribution in [0.3, 0.4) is 0 Å². The van der Waals surface area contributed by atoms with Gasteiger partial charge < -0.3 is 14.9 Å². The van der Waals surface area contributed by atoms with Crippen LogP contribution in [0.15, 0.2) is 121 Å². The van der Waals surface area contributed by atoms with E-state index < -0.39 is 0 Å². The first kappa shape index (κ1) is 31.1. The van der Waals surface area contributed by atoms with Crippen molar-refractivity contribution < 1.29 is 24.2 Å². The molecule has 0 heterocycles. The molecule has 0 aromatic heterocycles. The van der Waals surface area contributed by atoms with Gasteiger partial charge in [0.05, 0.1) is 0 Å². The second kappa shape index (κ2) is 14.7. The molecular formula is C37H38Zr-4. The monoisotopic (exact) mass is 572 g/mol. The van der Waals surface area contributed by atoms with Gasteiger partial charge in [-0.3, -0.25) is 0 Å². The molecule has 0 saturated carbocycles. The zero-order chi connectivity index (χ0) is 25.5. The number of hydrogen-bond acceptors (Lipinski definition) is 0. The van der Waals surface area contributed by atoms with Crippen LogP contribution in [0, 0.1) is 28.7 Å². The van der Waals surface area contributed by atoms with Gasteiger partial charge in [-0.2, -0.15) is 12.1 Å². The molecule has 0 aliphatic carbocycles. The van der Waals surface area contributed by atoms with E-state index in [1.54, 1.807) is 24.2 Å². The summed E-state index contributed by atoms with van der Waals surface area (Å²) in [6, 6.07) is 43.1. The van der Waals surface area contributed by atoms with Crippen LogP contribution in [0.2, 0.25) is 0 Å². The molecule has 6 rings (SSSR count). The molecule has 0 atom stereocenters. The minimum atomic E-state index is 0. The summed E-state index contributed by atoms with van der Waals surface area (Å²) in [4.78, 5) is 0. The first-order valence-electron chi connectivity index (χ1n) is 12.4. The quantitative estimate of drug-likeness (QED) is 0.181. The number of benzene rings is 4. The molecule has 0 unspecified atom stereocenters. The van der Waals surface area contributed by atoms with Crippen LogP contribution in [-0.2, 0) is 24.2 Å². The average molecular weight is 574 g/mol. The Morgan fingerprint density at radius 2 is 0.868 bits per heavy atom. The van der Waals surface area contributed by atoms with Gasteiger partial charge >= 0.3 is 41.3 Å². The van der Waals surface area contributed by atoms with Gasteiger partial charge in [0.15, 0.2) is 0 Å². The van der Waals surface area contributed by atoms with Crippen molar-refractivity contribution >= 4 is 24.8 Å². The third kappa shape index (κ3) is 7.93. The van der Waals surface area contributed by atoms with Crippen LogP contribution in [-0.4, -0.2) is 3.21 Å². The predicted octanol–water partition coefficient (Wildman–Crippen LogP) is 10.7. The minimum Gasteiger partial charge on any atom is -0.358 e. The molecule has 0 spiro atoms. The molecule has 0 nitrogen and oxygen atoms in total. The van der Waals surface area contributed by atoms with Crippen LogP contribution >= 0.6 is 0 Å². The molecule has 6 aromatic rings. The van der Waals surface area contributed by atoms with Crippen LogP contribution < -0.4 is 0 Å². The molecule has 1 heteroatoms. The Morgan fingerprint density at radius 1 is 0.526 bits per heavy atom. The fourth-order valence-corrected chi connectivity index (χ4v) is 4.51. The van der Waals surface area contributed by atoms with Crippen molar-refractivity contribution in [3.63, 3.8) is 0 Å². The van der Waals surface area contributed by atoms with Crippen molar-refractivity contribution in [2.45, 2.75) is 27.7 Å². The first-order valence-corrected chi connectivity index (χ1v) is 13.6. The summed E-state index contributed by atoms with van der Waals surface area (Å²) in [6.07, 6.45) is 0. The van der Waals surface area contributed by atoms with E-state index in [1.807, 2.05) is 0 Å². The van der Waals surface area contributed by atoms with Gasteiger partial charge in [-0.15, -0.1) is 69.1 Å². The summed E-state index contributed by atoms with van der Waals surface area (Å²) in [5.74, 6) is 0. The molecule has 6 aromatic carbocycles. The summed E-state index contributed by atoms with van der Waals surface area (Å²) in [5.41, 5.74) is 7.89. The van der Waals surface area contributed by atoms with Crippen molar-refractivity contribution in [2.75, 3.05) is 0 Å². The Morgan fingerprint density at radius 3 is 1.21 bits per heavy atom. The number of hydrogen-bond donors (Lipinski definition) is 0. The van der Waals surface area contributed by atoms with Crippen molar-refractivity contribution in [1.29, 1.82) is 0 Å². The number of aryl methyl sites for hydroxylation is 2. The molecule has 0 fully saturated rings. The van der Waals surface area contributed by atoms with Crippen molar-refractivity contribution in [1.82, 2.24) is 0 Å². The van der Waals surface area contributed by atoms with Crippen molar-refractivity contribution in [3.05, 3.63) is 147 Å². The second-order valence-corrected chi connectivity index (χ2v) is 11.9. The standard InChI is InChI=1S/2C16H13.C3H6.2CH3.Zr/c2*1-12-10-14-8-5-9-15(16(14)11-12)13-6-3-2-4-7-13;1-3-2;;;/h2*2-11H,1H3;1-2H3;2*1H3;/q2*-1;;2*-1;. The van der Waals surface area contributed by atoms with Gasteiger partial charge in [0.25, 0.3) is 0 Å². The van der Waals surface area contributed by atoms with E-state index in [9.17, 15) is 0 Å². The van der Waals surface area contributed by atoms with E-state index in [0.29, 0.717) is 0 Å². The largest absolute Gasteiger partial charge is 0.358 e. The van der Waals surface area contributed by atoms with Gasteiger partial charge in [0.1, 0.15) is 0 Å². The third-order valence-corrected chi connectivity index (χ3v) is 5.96. The topological polar surface area (TPSA) is 0 Å². The first-order chi connectivity index (χ1) is 17.4. The molecule has 0 aliphatic rings. The van der Waals surface area contributed by atoms with Gasteiger partial charge in [0.2, 0.25) is 0 Å². The van der Waals surface area contributed by atoms with Gasteiger partial charge in [-0.1, -0.05) is 97.8 Å². The Labute approximate surface area is 245 Å². The maximum Gasteiger partial charge on any atom is -0.0279 e. The van der Waals surface area contributed by atoms with Gasteiger partial charge in [0, 0.05) is 0 Å². The van der Waals surface area contributed by atoms with Gasteiger partial charge in [-0.25, -0.2) is 0 Å². The second-order valence-electron chi connectivity index (χ2n) is 9.41. The van der Waals surface area contributed by atoms with Gasteiger partial charge in [-0.05, 0) is 11.1 Å². The molecule has 0 N–H and O–H groups in total. The molecule has 0 amide bonds. The Kier molecular flexibility index (Phi) is 12.0. The van der Waals surface area contributed by atoms with Crippen LogP contribution in [0.4, 0.5) is 0 Å². The third-order valence-electron chi connectivity index (χ3n) is 5.96. The normalized spacial score (nSPS) is 9.76. The Bertz CT molecular complexity index is 1440. The molecule has 0 aliphatic heterocycles. The SMILES string of the molecule is C[C](C)=[Zr].Cc1cc2c(-c3ccccc3)cccc2[cH-]1.Cc1cc2c(-c3ccccc3)cccc2[cH-]1.[CH3-].[CH3-]. The summed E-state index contributed by atoms with van der Waals surface area (Å²) < 4.78 is 1.51. The molecule has 38 heavy (non-hydrogen) atoms.